The average molecular weight is 345 g/mol. The number of likely N-dealkylation sites (N-methyl/N-ethyl adjacent to an activating group) is 1. The number of anilines is 2. The average Bonchev–Trinajstić information content (AvgIpc) is 3.01. The van der Waals surface area contributed by atoms with Gasteiger partial charge in [0.1, 0.15) is 5.66 Å². The Morgan fingerprint density at radius 1 is 1.20 bits per heavy atom. The Bertz CT molecular complexity index is 558. The van der Waals surface area contributed by atoms with Crippen molar-refractivity contribution >= 4 is 17.3 Å². The molecule has 1 aliphatic heterocycles. The Labute approximate surface area is 151 Å². The first-order chi connectivity index (χ1) is 12.1. The lowest BCUT2D eigenvalue weighted by molar-refractivity contribution is -0.122. The summed E-state index contributed by atoms with van der Waals surface area (Å²) >= 11 is 0. The van der Waals surface area contributed by atoms with Crippen LogP contribution < -0.4 is 16.0 Å². The van der Waals surface area contributed by atoms with Crippen LogP contribution in [0.4, 0.5) is 11.4 Å². The molecule has 5 heteroatoms. The van der Waals surface area contributed by atoms with Gasteiger partial charge in [-0.05, 0) is 38.4 Å². The number of carbonyl (C=O) groups excluding carboxylic acids is 1. The lowest BCUT2D eigenvalue weighted by atomic mass is 9.94. The largest absolute Gasteiger partial charge is 0.361 e. The first-order valence-corrected chi connectivity index (χ1v) is 9.74. The molecule has 1 fully saturated rings. The van der Waals surface area contributed by atoms with Crippen molar-refractivity contribution in [1.29, 1.82) is 0 Å². The van der Waals surface area contributed by atoms with E-state index in [9.17, 15) is 4.79 Å². The fraction of sp³-hybridized carbons (Fsp3) is 0.650. The predicted molar refractivity (Wildman–Crippen MR) is 104 cm³/mol. The van der Waals surface area contributed by atoms with Crippen molar-refractivity contribution < 1.29 is 4.79 Å². The topological polar surface area (TPSA) is 56.4 Å². The van der Waals surface area contributed by atoms with Gasteiger partial charge in [-0.1, -0.05) is 38.3 Å². The number of hydrogen-bond acceptors (Lipinski definition) is 4. The van der Waals surface area contributed by atoms with E-state index in [0.717, 1.165) is 30.9 Å². The molecule has 3 rings (SSSR count). The lowest BCUT2D eigenvalue weighted by Crippen LogP contribution is -2.47. The third kappa shape index (κ3) is 4.46. The highest BCUT2D eigenvalue weighted by Crippen LogP contribution is 2.36. The fourth-order valence-corrected chi connectivity index (χ4v) is 4.05. The summed E-state index contributed by atoms with van der Waals surface area (Å²) in [5.41, 5.74) is 1.78. The first kappa shape index (κ1) is 18.1. The molecule has 0 radical (unpaired) electrons. The van der Waals surface area contributed by atoms with Crippen molar-refractivity contribution in [2.75, 3.05) is 30.8 Å². The van der Waals surface area contributed by atoms with Gasteiger partial charge in [-0.15, -0.1) is 0 Å². The second-order valence-corrected chi connectivity index (χ2v) is 7.53. The highest BCUT2D eigenvalue weighted by atomic mass is 16.1. The number of fused-ring (bicyclic) bond motifs is 1. The number of carbonyl (C=O) groups is 1. The number of nitrogens with one attached hydrogen (secondary N) is 3. The Morgan fingerprint density at radius 2 is 1.84 bits per heavy atom. The third-order valence-corrected chi connectivity index (χ3v) is 5.73. The maximum atomic E-state index is 12.5. The Morgan fingerprint density at radius 3 is 2.44 bits per heavy atom. The molecule has 0 saturated heterocycles. The first-order valence-electron chi connectivity index (χ1n) is 9.74. The zero-order valence-electron chi connectivity index (χ0n) is 15.6. The molecular weight excluding hydrogens is 312 g/mol. The molecule has 1 saturated carbocycles. The van der Waals surface area contributed by atoms with E-state index in [1.807, 2.05) is 12.1 Å². The van der Waals surface area contributed by atoms with Gasteiger partial charge in [0.15, 0.2) is 0 Å². The van der Waals surface area contributed by atoms with Crippen molar-refractivity contribution in [3.63, 3.8) is 0 Å². The SMILES string of the molecule is CCC1(CC(=O)NCCN(C)C2CCCCC2)Nc2ccccc2N1. The molecular formula is C20H32N4O. The van der Waals surface area contributed by atoms with Crippen LogP contribution in [0.2, 0.25) is 0 Å². The Kier molecular flexibility index (Phi) is 5.84. The minimum Gasteiger partial charge on any atom is -0.361 e. The molecule has 1 aromatic carbocycles. The zero-order valence-corrected chi connectivity index (χ0v) is 15.6. The van der Waals surface area contributed by atoms with Crippen LogP contribution in [-0.4, -0.2) is 42.6 Å². The number of nitrogens with zero attached hydrogens (tertiary/aromatic N) is 1. The highest BCUT2D eigenvalue weighted by molar-refractivity contribution is 5.83. The van der Waals surface area contributed by atoms with Crippen molar-refractivity contribution in [3.05, 3.63) is 24.3 Å². The molecule has 5 nitrogen and oxygen atoms in total. The quantitative estimate of drug-likeness (QED) is 0.709. The van der Waals surface area contributed by atoms with Crippen LogP contribution in [0.5, 0.6) is 0 Å². The molecule has 1 amide bonds. The van der Waals surface area contributed by atoms with Crippen LogP contribution in [-0.2, 0) is 4.79 Å². The van der Waals surface area contributed by atoms with Crippen LogP contribution in [0.25, 0.3) is 0 Å². The molecule has 1 aliphatic carbocycles. The van der Waals surface area contributed by atoms with Crippen LogP contribution in [0.3, 0.4) is 0 Å². The molecule has 25 heavy (non-hydrogen) atoms. The highest BCUT2D eigenvalue weighted by Gasteiger charge is 2.36. The van der Waals surface area contributed by atoms with E-state index >= 15 is 0 Å². The Hall–Kier alpha value is -1.75. The van der Waals surface area contributed by atoms with Gasteiger partial charge in [-0.2, -0.15) is 0 Å². The maximum Gasteiger partial charge on any atom is 0.224 e. The van der Waals surface area contributed by atoms with E-state index in [2.05, 4.69) is 47.0 Å². The standard InChI is InChI=1S/C20H32N4O/c1-3-20(22-17-11-7-8-12-18(17)23-20)15-19(25)21-13-14-24(2)16-9-5-4-6-10-16/h7-8,11-12,16,22-23H,3-6,9-10,13-15H2,1-2H3,(H,21,25). The molecule has 1 aromatic rings. The number of hydrogen-bond donors (Lipinski definition) is 3. The number of benzene rings is 1. The minimum atomic E-state index is -0.372. The van der Waals surface area contributed by atoms with Crippen LogP contribution in [0.15, 0.2) is 24.3 Å². The fourth-order valence-electron chi connectivity index (χ4n) is 4.05. The van der Waals surface area contributed by atoms with Gasteiger partial charge < -0.3 is 20.9 Å². The molecule has 3 N–H and O–H groups in total. The minimum absolute atomic E-state index is 0.103. The van der Waals surface area contributed by atoms with Gasteiger partial charge in [0.05, 0.1) is 17.8 Å². The maximum absolute atomic E-state index is 12.5. The number of amides is 1. The van der Waals surface area contributed by atoms with Crippen molar-refractivity contribution in [2.45, 2.75) is 63.6 Å². The summed E-state index contributed by atoms with van der Waals surface area (Å²) in [6.45, 7) is 3.76. The summed E-state index contributed by atoms with van der Waals surface area (Å²) < 4.78 is 0. The second-order valence-electron chi connectivity index (χ2n) is 7.53. The van der Waals surface area contributed by atoms with Crippen LogP contribution in [0, 0.1) is 0 Å². The van der Waals surface area contributed by atoms with Gasteiger partial charge in [0, 0.05) is 19.1 Å². The molecule has 0 spiro atoms. The monoisotopic (exact) mass is 344 g/mol. The molecule has 2 aliphatic rings. The zero-order chi connectivity index (χ0) is 17.7. The van der Waals surface area contributed by atoms with Gasteiger partial charge in [-0.3, -0.25) is 4.79 Å². The van der Waals surface area contributed by atoms with E-state index in [1.54, 1.807) is 0 Å². The lowest BCUT2D eigenvalue weighted by Gasteiger charge is -2.31. The van der Waals surface area contributed by atoms with Crippen LogP contribution in [0.1, 0.15) is 51.9 Å². The molecule has 0 unspecified atom stereocenters. The number of para-hydroxylation sites is 2. The smallest absolute Gasteiger partial charge is 0.224 e. The third-order valence-electron chi connectivity index (χ3n) is 5.73. The Balaban J connectivity index is 1.44. The molecule has 138 valence electrons. The summed E-state index contributed by atoms with van der Waals surface area (Å²) in [5.74, 6) is 0.103. The summed E-state index contributed by atoms with van der Waals surface area (Å²) in [5, 5.41) is 10.1. The van der Waals surface area contributed by atoms with Gasteiger partial charge in [0.2, 0.25) is 5.91 Å². The van der Waals surface area contributed by atoms with Crippen molar-refractivity contribution in [2.24, 2.45) is 0 Å². The number of rotatable bonds is 7. The summed E-state index contributed by atoms with van der Waals surface area (Å²) in [6, 6.07) is 8.83. The van der Waals surface area contributed by atoms with E-state index in [1.165, 1.54) is 32.1 Å². The van der Waals surface area contributed by atoms with Gasteiger partial charge in [0.25, 0.3) is 0 Å². The van der Waals surface area contributed by atoms with E-state index in [0.29, 0.717) is 12.5 Å². The second kappa shape index (κ2) is 8.09. The normalized spacial score (nSPS) is 19.2. The van der Waals surface area contributed by atoms with E-state index in [4.69, 9.17) is 0 Å². The molecule has 1 heterocycles. The summed E-state index contributed by atoms with van der Waals surface area (Å²) in [7, 11) is 2.19. The van der Waals surface area contributed by atoms with Crippen LogP contribution >= 0.6 is 0 Å². The molecule has 0 bridgehead atoms. The van der Waals surface area contributed by atoms with Gasteiger partial charge >= 0.3 is 0 Å². The van der Waals surface area contributed by atoms with Crippen molar-refractivity contribution in [3.8, 4) is 0 Å². The molecule has 0 atom stereocenters. The van der Waals surface area contributed by atoms with E-state index in [-0.39, 0.29) is 11.6 Å². The summed E-state index contributed by atoms with van der Waals surface area (Å²) in [4.78, 5) is 14.9. The molecule has 0 aromatic heterocycles. The van der Waals surface area contributed by atoms with Crippen molar-refractivity contribution in [1.82, 2.24) is 10.2 Å². The predicted octanol–water partition coefficient (Wildman–Crippen LogP) is 3.40. The summed E-state index contributed by atoms with van der Waals surface area (Å²) in [6.07, 6.45) is 7.95. The van der Waals surface area contributed by atoms with E-state index < -0.39 is 0 Å². The van der Waals surface area contributed by atoms with Gasteiger partial charge in [-0.25, -0.2) is 0 Å².